The van der Waals surface area contributed by atoms with Crippen molar-refractivity contribution in [2.24, 2.45) is 0 Å². The quantitative estimate of drug-likeness (QED) is 0.769. The van der Waals surface area contributed by atoms with Crippen LogP contribution in [-0.4, -0.2) is 22.1 Å². The zero-order valence-electron chi connectivity index (χ0n) is 13.5. The van der Waals surface area contributed by atoms with Gasteiger partial charge in [0.05, 0.1) is 13.2 Å². The summed E-state index contributed by atoms with van der Waals surface area (Å²) in [6, 6.07) is 15.1. The van der Waals surface area contributed by atoms with Crippen molar-refractivity contribution in [1.29, 1.82) is 0 Å². The van der Waals surface area contributed by atoms with Gasteiger partial charge in [0.15, 0.2) is 0 Å². The molecule has 1 amide bonds. The van der Waals surface area contributed by atoms with Crippen LogP contribution in [0.3, 0.4) is 0 Å². The number of rotatable bonds is 4. The fraction of sp³-hybridized carbons (Fsp3) is 0.158. The minimum atomic E-state index is -0.326. The number of aromatic amines is 1. The Hall–Kier alpha value is -3.28. The fourth-order valence-corrected chi connectivity index (χ4v) is 2.97. The Morgan fingerprint density at radius 3 is 2.88 bits per heavy atom. The second-order valence-corrected chi connectivity index (χ2v) is 5.93. The molecule has 2 aromatic carbocycles. The van der Waals surface area contributed by atoms with E-state index in [9.17, 15) is 9.59 Å². The van der Waals surface area contributed by atoms with Gasteiger partial charge < -0.3 is 15.0 Å². The molecule has 0 aliphatic carbocycles. The summed E-state index contributed by atoms with van der Waals surface area (Å²) in [5.41, 5.74) is 2.71. The van der Waals surface area contributed by atoms with Crippen LogP contribution in [0.15, 0.2) is 59.5 Å². The van der Waals surface area contributed by atoms with Gasteiger partial charge in [-0.3, -0.25) is 9.36 Å². The van der Waals surface area contributed by atoms with E-state index in [1.165, 1.54) is 10.8 Å². The molecule has 6 heteroatoms. The maximum atomic E-state index is 12.6. The van der Waals surface area contributed by atoms with Crippen LogP contribution >= 0.6 is 0 Å². The van der Waals surface area contributed by atoms with Crippen LogP contribution in [0.5, 0.6) is 5.75 Å². The number of carbonyl (C=O) groups is 1. The van der Waals surface area contributed by atoms with Crippen LogP contribution in [0.4, 0.5) is 5.69 Å². The SMILES string of the molecule is O=C(Nc1ccc2c(c1)CCO2)c1c[nH]c(=O)n1Cc1ccccc1. The van der Waals surface area contributed by atoms with Crippen LogP contribution in [-0.2, 0) is 13.0 Å². The molecule has 0 saturated carbocycles. The van der Waals surface area contributed by atoms with E-state index in [0.29, 0.717) is 24.5 Å². The molecule has 0 unspecified atom stereocenters. The lowest BCUT2D eigenvalue weighted by atomic mass is 10.1. The van der Waals surface area contributed by atoms with Crippen LogP contribution in [0.1, 0.15) is 21.6 Å². The van der Waals surface area contributed by atoms with E-state index in [2.05, 4.69) is 10.3 Å². The number of H-pyrrole nitrogens is 1. The molecule has 2 heterocycles. The highest BCUT2D eigenvalue weighted by Gasteiger charge is 2.17. The normalized spacial score (nSPS) is 12.5. The van der Waals surface area contributed by atoms with Crippen LogP contribution in [0, 0.1) is 0 Å². The van der Waals surface area contributed by atoms with Crippen molar-refractivity contribution < 1.29 is 9.53 Å². The highest BCUT2D eigenvalue weighted by molar-refractivity contribution is 6.03. The van der Waals surface area contributed by atoms with E-state index in [-0.39, 0.29) is 11.6 Å². The number of imidazole rings is 1. The molecule has 4 rings (SSSR count). The Balaban J connectivity index is 1.57. The van der Waals surface area contributed by atoms with E-state index in [0.717, 1.165) is 23.3 Å². The predicted octanol–water partition coefficient (Wildman–Crippen LogP) is 2.41. The molecule has 0 bridgehead atoms. The van der Waals surface area contributed by atoms with E-state index in [4.69, 9.17) is 4.74 Å². The lowest BCUT2D eigenvalue weighted by Crippen LogP contribution is -2.24. The Labute approximate surface area is 144 Å². The Bertz CT molecular complexity index is 973. The first kappa shape index (κ1) is 15.3. The summed E-state index contributed by atoms with van der Waals surface area (Å²) in [5, 5.41) is 2.85. The van der Waals surface area contributed by atoms with Gasteiger partial charge in [-0.25, -0.2) is 4.79 Å². The number of hydrogen-bond donors (Lipinski definition) is 2. The van der Waals surface area contributed by atoms with Gasteiger partial charge in [0.2, 0.25) is 0 Å². The number of carbonyl (C=O) groups excluding carboxylic acids is 1. The number of fused-ring (bicyclic) bond motifs is 1. The molecule has 1 aliphatic rings. The van der Waals surface area contributed by atoms with Crippen molar-refractivity contribution in [3.8, 4) is 5.75 Å². The average Bonchev–Trinajstić information content (AvgIpc) is 3.23. The maximum Gasteiger partial charge on any atom is 0.326 e. The predicted molar refractivity (Wildman–Crippen MR) is 94.2 cm³/mol. The van der Waals surface area contributed by atoms with Gasteiger partial charge >= 0.3 is 5.69 Å². The van der Waals surface area contributed by atoms with E-state index in [1.807, 2.05) is 42.5 Å². The van der Waals surface area contributed by atoms with Gasteiger partial charge in [0, 0.05) is 18.3 Å². The number of ether oxygens (including phenoxy) is 1. The first-order chi connectivity index (χ1) is 12.2. The number of aromatic nitrogens is 2. The summed E-state index contributed by atoms with van der Waals surface area (Å²) in [4.78, 5) is 27.3. The largest absolute Gasteiger partial charge is 0.493 e. The van der Waals surface area contributed by atoms with Crippen molar-refractivity contribution in [3.05, 3.63) is 82.0 Å². The molecular weight excluding hydrogens is 318 g/mol. The monoisotopic (exact) mass is 335 g/mol. The third-order valence-electron chi connectivity index (χ3n) is 4.23. The van der Waals surface area contributed by atoms with Crippen LogP contribution in [0.25, 0.3) is 0 Å². The van der Waals surface area contributed by atoms with Gasteiger partial charge in [-0.05, 0) is 29.3 Å². The van der Waals surface area contributed by atoms with Gasteiger partial charge in [-0.1, -0.05) is 30.3 Å². The lowest BCUT2D eigenvalue weighted by Gasteiger charge is -2.09. The Kier molecular flexibility index (Phi) is 3.85. The number of nitrogens with zero attached hydrogens (tertiary/aromatic N) is 1. The summed E-state index contributed by atoms with van der Waals surface area (Å²) >= 11 is 0. The fourth-order valence-electron chi connectivity index (χ4n) is 2.97. The molecular formula is C19H17N3O3. The Morgan fingerprint density at radius 2 is 2.04 bits per heavy atom. The highest BCUT2D eigenvalue weighted by Crippen LogP contribution is 2.28. The number of amides is 1. The van der Waals surface area contributed by atoms with Gasteiger partial charge in [0.25, 0.3) is 5.91 Å². The zero-order valence-corrected chi connectivity index (χ0v) is 13.5. The molecule has 0 saturated heterocycles. The highest BCUT2D eigenvalue weighted by atomic mass is 16.5. The second-order valence-electron chi connectivity index (χ2n) is 5.93. The smallest absolute Gasteiger partial charge is 0.326 e. The van der Waals surface area contributed by atoms with Gasteiger partial charge in [-0.2, -0.15) is 0 Å². The summed E-state index contributed by atoms with van der Waals surface area (Å²) in [5.74, 6) is 0.536. The molecule has 3 aromatic rings. The standard InChI is InChI=1S/C19H17N3O3/c23-18(21-15-6-7-17-14(10-15)8-9-25-17)16-11-20-19(24)22(16)12-13-4-2-1-3-5-13/h1-7,10-11H,8-9,12H2,(H,20,24)(H,21,23). The number of nitrogens with one attached hydrogen (secondary N) is 2. The lowest BCUT2D eigenvalue weighted by molar-refractivity contribution is 0.101. The summed E-state index contributed by atoms with van der Waals surface area (Å²) in [6.07, 6.45) is 2.28. The molecule has 1 aromatic heterocycles. The maximum absolute atomic E-state index is 12.6. The van der Waals surface area contributed by atoms with Crippen LogP contribution < -0.4 is 15.7 Å². The van der Waals surface area contributed by atoms with Crippen molar-refractivity contribution in [3.63, 3.8) is 0 Å². The molecule has 6 nitrogen and oxygen atoms in total. The summed E-state index contributed by atoms with van der Waals surface area (Å²) < 4.78 is 6.90. The van der Waals surface area contributed by atoms with Crippen LogP contribution in [0.2, 0.25) is 0 Å². The van der Waals surface area contributed by atoms with E-state index < -0.39 is 0 Å². The van der Waals surface area contributed by atoms with Crippen molar-refractivity contribution in [2.45, 2.75) is 13.0 Å². The third-order valence-corrected chi connectivity index (χ3v) is 4.23. The minimum Gasteiger partial charge on any atom is -0.493 e. The average molecular weight is 335 g/mol. The molecule has 1 aliphatic heterocycles. The third kappa shape index (κ3) is 3.06. The summed E-state index contributed by atoms with van der Waals surface area (Å²) in [7, 11) is 0. The topological polar surface area (TPSA) is 76.1 Å². The van der Waals surface area contributed by atoms with Crippen molar-refractivity contribution >= 4 is 11.6 Å². The first-order valence-corrected chi connectivity index (χ1v) is 8.10. The molecule has 0 fully saturated rings. The Morgan fingerprint density at radius 1 is 1.20 bits per heavy atom. The molecule has 25 heavy (non-hydrogen) atoms. The summed E-state index contributed by atoms with van der Waals surface area (Å²) in [6.45, 7) is 1.01. The van der Waals surface area contributed by atoms with Crippen molar-refractivity contribution in [1.82, 2.24) is 9.55 Å². The van der Waals surface area contributed by atoms with Gasteiger partial charge in [-0.15, -0.1) is 0 Å². The van der Waals surface area contributed by atoms with Gasteiger partial charge in [0.1, 0.15) is 11.4 Å². The number of anilines is 1. The molecule has 2 N–H and O–H groups in total. The zero-order chi connectivity index (χ0) is 17.2. The minimum absolute atomic E-state index is 0.297. The van der Waals surface area contributed by atoms with Crippen molar-refractivity contribution in [2.75, 3.05) is 11.9 Å². The van der Waals surface area contributed by atoms with E-state index in [1.54, 1.807) is 6.07 Å². The first-order valence-electron chi connectivity index (χ1n) is 8.10. The second kappa shape index (κ2) is 6.32. The molecule has 0 spiro atoms. The molecule has 0 atom stereocenters. The number of benzene rings is 2. The molecule has 0 radical (unpaired) electrons. The molecule has 126 valence electrons. The van der Waals surface area contributed by atoms with E-state index >= 15 is 0 Å². The number of hydrogen-bond acceptors (Lipinski definition) is 3.